The first-order valence-electron chi connectivity index (χ1n) is 25.2. The fourth-order valence-electron chi connectivity index (χ4n) is 11.1. The fourth-order valence-corrected chi connectivity index (χ4v) is 11.1. The van der Waals surface area contributed by atoms with Crippen LogP contribution in [0.1, 0.15) is 0 Å². The quantitative estimate of drug-likeness (QED) is 0.152. The van der Waals surface area contributed by atoms with Crippen molar-refractivity contribution in [3.8, 4) is 84.4 Å². The highest BCUT2D eigenvalue weighted by Gasteiger charge is 2.26. The van der Waals surface area contributed by atoms with Crippen molar-refractivity contribution in [1.29, 1.82) is 0 Å². The van der Waals surface area contributed by atoms with Gasteiger partial charge in [-0.3, -0.25) is 0 Å². The largest absolute Gasteiger partial charge is 0.456 e. The Bertz CT molecular complexity index is 4500. The highest BCUT2D eigenvalue weighted by molar-refractivity contribution is 6.25. The molecule has 0 saturated heterocycles. The van der Waals surface area contributed by atoms with Crippen LogP contribution >= 0.6 is 0 Å². The summed E-state index contributed by atoms with van der Waals surface area (Å²) in [6, 6.07) is 89.5. The third-order valence-corrected chi connectivity index (χ3v) is 14.7. The zero-order chi connectivity index (χ0) is 49.4. The minimum absolute atomic E-state index is 0.572. The monoisotopic (exact) mass is 958 g/mol. The molecule has 0 spiro atoms. The highest BCUT2D eigenvalue weighted by Crippen LogP contribution is 2.47. The molecule has 6 heteroatoms. The summed E-state index contributed by atoms with van der Waals surface area (Å²) in [6.45, 7) is 0. The number of para-hydroxylation sites is 2. The number of rotatable bonds is 8. The van der Waals surface area contributed by atoms with Crippen molar-refractivity contribution in [2.75, 3.05) is 0 Å². The van der Waals surface area contributed by atoms with Crippen molar-refractivity contribution in [3.63, 3.8) is 0 Å². The Morgan fingerprint density at radius 2 is 0.707 bits per heavy atom. The van der Waals surface area contributed by atoms with Crippen LogP contribution in [-0.4, -0.2) is 19.5 Å². The Morgan fingerprint density at radius 1 is 0.267 bits per heavy atom. The molecule has 11 aromatic carbocycles. The molecule has 4 aromatic heterocycles. The third kappa shape index (κ3) is 7.14. The van der Waals surface area contributed by atoms with Gasteiger partial charge in [0.15, 0.2) is 17.5 Å². The molecule has 0 aliphatic heterocycles. The number of nitrogens with zero attached hydrogens (tertiary/aromatic N) is 4. The van der Waals surface area contributed by atoms with Crippen molar-refractivity contribution < 1.29 is 8.83 Å². The van der Waals surface area contributed by atoms with E-state index in [0.717, 1.165) is 133 Å². The first-order valence-corrected chi connectivity index (χ1v) is 25.2. The van der Waals surface area contributed by atoms with E-state index in [1.165, 1.54) is 0 Å². The maximum Gasteiger partial charge on any atom is 0.164 e. The van der Waals surface area contributed by atoms with Gasteiger partial charge in [-0.05, 0) is 75.8 Å². The molecular formula is C69H42N4O2. The second kappa shape index (κ2) is 17.3. The molecule has 15 aromatic rings. The highest BCUT2D eigenvalue weighted by atomic mass is 16.3. The van der Waals surface area contributed by atoms with Gasteiger partial charge in [-0.1, -0.05) is 206 Å². The first-order chi connectivity index (χ1) is 37.2. The van der Waals surface area contributed by atoms with Crippen LogP contribution in [0.5, 0.6) is 0 Å². The Balaban J connectivity index is 1.04. The van der Waals surface area contributed by atoms with Gasteiger partial charge in [0.1, 0.15) is 22.3 Å². The Hall–Kier alpha value is -10.2. The average molecular weight is 959 g/mol. The van der Waals surface area contributed by atoms with Crippen LogP contribution in [0.15, 0.2) is 264 Å². The summed E-state index contributed by atoms with van der Waals surface area (Å²) in [7, 11) is 0. The zero-order valence-corrected chi connectivity index (χ0v) is 40.4. The van der Waals surface area contributed by atoms with Crippen LogP contribution in [0.2, 0.25) is 0 Å². The third-order valence-electron chi connectivity index (χ3n) is 14.7. The lowest BCUT2D eigenvalue weighted by atomic mass is 9.91. The number of fused-ring (bicyclic) bond motifs is 10. The summed E-state index contributed by atoms with van der Waals surface area (Å²) < 4.78 is 15.9. The zero-order valence-electron chi connectivity index (χ0n) is 40.4. The van der Waals surface area contributed by atoms with Gasteiger partial charge in [-0.25, -0.2) is 15.0 Å². The van der Waals surface area contributed by atoms with Crippen molar-refractivity contribution in [2.24, 2.45) is 0 Å². The van der Waals surface area contributed by atoms with Crippen molar-refractivity contribution in [2.45, 2.75) is 0 Å². The van der Waals surface area contributed by atoms with Crippen molar-refractivity contribution >= 4 is 65.7 Å². The number of furan rings is 2. The van der Waals surface area contributed by atoms with Gasteiger partial charge in [0.05, 0.1) is 22.1 Å². The molecule has 0 fully saturated rings. The summed E-state index contributed by atoms with van der Waals surface area (Å²) in [5.74, 6) is 1.77. The van der Waals surface area contributed by atoms with Gasteiger partial charge < -0.3 is 13.4 Å². The van der Waals surface area contributed by atoms with Gasteiger partial charge in [0.25, 0.3) is 0 Å². The molecule has 6 nitrogen and oxygen atoms in total. The normalized spacial score (nSPS) is 11.7. The van der Waals surface area contributed by atoms with E-state index in [9.17, 15) is 0 Å². The number of aromatic nitrogens is 4. The lowest BCUT2D eigenvalue weighted by Crippen LogP contribution is -2.04. The predicted molar refractivity (Wildman–Crippen MR) is 307 cm³/mol. The van der Waals surface area contributed by atoms with Crippen LogP contribution in [0.3, 0.4) is 0 Å². The lowest BCUT2D eigenvalue weighted by Gasteiger charge is -2.21. The minimum atomic E-state index is 0.572. The standard InChI is InChI=1S/C69H42N4O2/c1-5-17-43(18-6-1)45-29-33-47(34-30-45)55-39-51(69-71-67(49-21-9-3-10-22-49)70-68(72-69)50-23-11-4-12-24-50)40-56(48-35-31-46(32-36-48)44-19-7-2-8-20-44)65(55)73-59-27-15-13-26-54(59)64-60(73)38-37-53-58-41-57-52-25-14-16-28-61(52)74-62(57)42-63(58)75-66(53)64/h1-42H. The van der Waals surface area contributed by atoms with E-state index >= 15 is 0 Å². The van der Waals surface area contributed by atoms with Gasteiger partial charge in [0, 0.05) is 60.8 Å². The summed E-state index contributed by atoms with van der Waals surface area (Å²) in [4.78, 5) is 15.7. The van der Waals surface area contributed by atoms with Gasteiger partial charge in [-0.15, -0.1) is 0 Å². The maximum atomic E-state index is 7.04. The van der Waals surface area contributed by atoms with Gasteiger partial charge in [-0.2, -0.15) is 0 Å². The van der Waals surface area contributed by atoms with E-state index in [2.05, 4.69) is 211 Å². The van der Waals surface area contributed by atoms with Crippen LogP contribution in [0.25, 0.3) is 150 Å². The summed E-state index contributed by atoms with van der Waals surface area (Å²) in [5.41, 5.74) is 17.7. The molecule has 4 heterocycles. The summed E-state index contributed by atoms with van der Waals surface area (Å²) in [6.07, 6.45) is 0. The molecule has 0 unspecified atom stereocenters. The summed E-state index contributed by atoms with van der Waals surface area (Å²) in [5, 5.41) is 6.38. The molecule has 0 aliphatic carbocycles. The molecule has 0 saturated carbocycles. The first kappa shape index (κ1) is 42.5. The smallest absolute Gasteiger partial charge is 0.164 e. The van der Waals surface area contributed by atoms with Gasteiger partial charge >= 0.3 is 0 Å². The average Bonchev–Trinajstić information content (AvgIpc) is 4.26. The van der Waals surface area contributed by atoms with E-state index in [4.69, 9.17) is 23.8 Å². The van der Waals surface area contributed by atoms with Gasteiger partial charge in [0.2, 0.25) is 0 Å². The second-order valence-corrected chi connectivity index (χ2v) is 19.1. The molecule has 0 amide bonds. The molecule has 0 bridgehead atoms. The van der Waals surface area contributed by atoms with E-state index in [1.54, 1.807) is 0 Å². The number of hydrogen-bond donors (Lipinski definition) is 0. The maximum absolute atomic E-state index is 7.04. The van der Waals surface area contributed by atoms with E-state index in [-0.39, 0.29) is 0 Å². The SMILES string of the molecule is c1ccc(-c2ccc(-c3cc(-c4nc(-c5ccccc5)nc(-c5ccccc5)n4)cc(-c4ccc(-c5ccccc5)cc4)c3-n3c4ccccc4c4c5oc6cc7oc8ccccc8c7cc6c5ccc43)cc2)cc1. The van der Waals surface area contributed by atoms with Crippen LogP contribution in [-0.2, 0) is 0 Å². The Morgan fingerprint density at radius 3 is 1.28 bits per heavy atom. The minimum Gasteiger partial charge on any atom is -0.456 e. The molecule has 0 aliphatic rings. The Kier molecular flexibility index (Phi) is 9.78. The molecule has 0 radical (unpaired) electrons. The molecule has 75 heavy (non-hydrogen) atoms. The van der Waals surface area contributed by atoms with Crippen LogP contribution < -0.4 is 0 Å². The molecular weight excluding hydrogens is 917 g/mol. The molecule has 0 atom stereocenters. The second-order valence-electron chi connectivity index (χ2n) is 19.1. The van der Waals surface area contributed by atoms with E-state index in [1.807, 2.05) is 48.5 Å². The molecule has 350 valence electrons. The van der Waals surface area contributed by atoms with Crippen molar-refractivity contribution in [3.05, 3.63) is 255 Å². The van der Waals surface area contributed by atoms with Crippen LogP contribution in [0, 0.1) is 0 Å². The molecule has 15 rings (SSSR count). The Labute approximate surface area is 431 Å². The predicted octanol–water partition coefficient (Wildman–Crippen LogP) is 18.4. The summed E-state index contributed by atoms with van der Waals surface area (Å²) >= 11 is 0. The van der Waals surface area contributed by atoms with Crippen molar-refractivity contribution in [1.82, 2.24) is 19.5 Å². The topological polar surface area (TPSA) is 69.9 Å². The lowest BCUT2D eigenvalue weighted by molar-refractivity contribution is 0.658. The molecule has 0 N–H and O–H groups in total. The van der Waals surface area contributed by atoms with E-state index in [0.29, 0.717) is 17.5 Å². The number of benzene rings is 11. The fraction of sp³-hybridized carbons (Fsp3) is 0. The number of hydrogen-bond acceptors (Lipinski definition) is 5. The van der Waals surface area contributed by atoms with E-state index < -0.39 is 0 Å². The van der Waals surface area contributed by atoms with Crippen LogP contribution in [0.4, 0.5) is 0 Å².